The van der Waals surface area contributed by atoms with Crippen molar-refractivity contribution >= 4 is 12.1 Å². The smallest absolute Gasteiger partial charge is 0.408 e. The number of carbonyl (C=O) groups is 2. The maximum atomic E-state index is 12.1. The van der Waals surface area contributed by atoms with Gasteiger partial charge in [-0.3, -0.25) is 15.1 Å². The van der Waals surface area contributed by atoms with Gasteiger partial charge in [0.15, 0.2) is 0 Å². The summed E-state index contributed by atoms with van der Waals surface area (Å²) in [5.74, 6) is -1.35. The zero-order valence-electron chi connectivity index (χ0n) is 15.0. The Kier molecular flexibility index (Phi) is 5.42. The van der Waals surface area contributed by atoms with Gasteiger partial charge in [0.1, 0.15) is 11.7 Å². The number of hydroxylamine groups is 1. The predicted molar refractivity (Wildman–Crippen MR) is 88.0 cm³/mol. The van der Waals surface area contributed by atoms with E-state index in [9.17, 15) is 14.7 Å². The number of carbonyl (C=O) groups excluding carboxylic acids is 1. The molecule has 7 nitrogen and oxygen atoms in total. The monoisotopic (exact) mass is 340 g/mol. The van der Waals surface area contributed by atoms with E-state index in [2.05, 4.69) is 24.6 Å². The van der Waals surface area contributed by atoms with Gasteiger partial charge >= 0.3 is 12.1 Å². The Labute approximate surface area is 142 Å². The highest BCUT2D eigenvalue weighted by atomic mass is 16.7. The molecule has 0 saturated heterocycles. The van der Waals surface area contributed by atoms with Gasteiger partial charge in [-0.05, 0) is 40.0 Å². The summed E-state index contributed by atoms with van der Waals surface area (Å²) in [7, 11) is 0. The third-order valence-electron chi connectivity index (χ3n) is 4.55. The van der Waals surface area contributed by atoms with E-state index in [-0.39, 0.29) is 5.92 Å². The van der Waals surface area contributed by atoms with E-state index >= 15 is 0 Å². The first kappa shape index (κ1) is 18.6. The third-order valence-corrected chi connectivity index (χ3v) is 4.55. The number of aliphatic carboxylic acids is 1. The van der Waals surface area contributed by atoms with Gasteiger partial charge in [0, 0.05) is 17.2 Å². The quantitative estimate of drug-likeness (QED) is 0.712. The van der Waals surface area contributed by atoms with E-state index in [0.29, 0.717) is 6.42 Å². The van der Waals surface area contributed by atoms with Crippen LogP contribution in [-0.4, -0.2) is 34.9 Å². The summed E-state index contributed by atoms with van der Waals surface area (Å²) < 4.78 is 5.31. The first-order valence-corrected chi connectivity index (χ1v) is 8.55. The van der Waals surface area contributed by atoms with Crippen molar-refractivity contribution in [1.29, 1.82) is 0 Å². The number of ether oxygens (including phenoxy) is 1. The molecule has 0 bridgehead atoms. The molecular formula is C17H28N2O5. The Balaban J connectivity index is 2.26. The lowest BCUT2D eigenvalue weighted by atomic mass is 9.93. The molecule has 1 amide bonds. The lowest BCUT2D eigenvalue weighted by molar-refractivity contribution is -0.146. The van der Waals surface area contributed by atoms with Gasteiger partial charge in [-0.15, -0.1) is 0 Å². The first-order valence-electron chi connectivity index (χ1n) is 8.55. The van der Waals surface area contributed by atoms with Gasteiger partial charge < -0.3 is 15.2 Å². The molecule has 1 aliphatic carbocycles. The summed E-state index contributed by atoms with van der Waals surface area (Å²) in [6, 6.07) is -0.392. The molecule has 24 heavy (non-hydrogen) atoms. The molecule has 1 heterocycles. The van der Waals surface area contributed by atoms with Gasteiger partial charge in [0.05, 0.1) is 12.0 Å². The molecule has 7 heteroatoms. The summed E-state index contributed by atoms with van der Waals surface area (Å²) in [5.41, 5.74) is 4.08. The summed E-state index contributed by atoms with van der Waals surface area (Å²) in [5, 5.41) is 12.3. The van der Waals surface area contributed by atoms with Crippen LogP contribution in [0.4, 0.5) is 4.79 Å². The molecule has 1 fully saturated rings. The highest BCUT2D eigenvalue weighted by Crippen LogP contribution is 2.41. The van der Waals surface area contributed by atoms with Crippen LogP contribution in [-0.2, 0) is 14.4 Å². The van der Waals surface area contributed by atoms with Gasteiger partial charge in [-0.2, -0.15) is 0 Å². The van der Waals surface area contributed by atoms with E-state index in [1.807, 2.05) is 0 Å². The number of alkyl carbamates (subject to hydrolysis) is 1. The summed E-state index contributed by atoms with van der Waals surface area (Å²) >= 11 is 0. The SMILES string of the molecule is CCC(CC)C1=C2[C@H](NC(=O)OC(C)(C)C)C[C@H](C(=O)O)[C@H]2ON1. The van der Waals surface area contributed by atoms with Crippen molar-refractivity contribution in [1.82, 2.24) is 10.8 Å². The molecule has 2 aliphatic rings. The Bertz CT molecular complexity index is 534. The van der Waals surface area contributed by atoms with Crippen molar-refractivity contribution < 1.29 is 24.3 Å². The highest BCUT2D eigenvalue weighted by Gasteiger charge is 2.50. The minimum atomic E-state index is -0.918. The van der Waals surface area contributed by atoms with Crippen LogP contribution in [0.5, 0.6) is 0 Å². The Morgan fingerprint density at radius 2 is 2.00 bits per heavy atom. The number of hydrogen-bond donors (Lipinski definition) is 3. The Hall–Kier alpha value is -1.76. The predicted octanol–water partition coefficient (Wildman–Crippen LogP) is 2.58. The molecule has 1 saturated carbocycles. The number of fused-ring (bicyclic) bond motifs is 1. The average molecular weight is 340 g/mol. The second-order valence-corrected chi connectivity index (χ2v) is 7.40. The van der Waals surface area contributed by atoms with Crippen LogP contribution in [0.3, 0.4) is 0 Å². The minimum Gasteiger partial charge on any atom is -0.481 e. The van der Waals surface area contributed by atoms with Crippen LogP contribution in [0.1, 0.15) is 53.9 Å². The molecule has 0 radical (unpaired) electrons. The third kappa shape index (κ3) is 3.83. The molecule has 0 aromatic carbocycles. The number of hydrogen-bond acceptors (Lipinski definition) is 5. The number of carboxylic acids is 1. The Morgan fingerprint density at radius 1 is 1.38 bits per heavy atom. The normalized spacial score (nSPS) is 26.3. The van der Waals surface area contributed by atoms with E-state index < -0.39 is 35.7 Å². The highest BCUT2D eigenvalue weighted by molar-refractivity contribution is 5.75. The van der Waals surface area contributed by atoms with E-state index in [1.54, 1.807) is 20.8 Å². The molecule has 2 rings (SSSR count). The van der Waals surface area contributed by atoms with Gasteiger partial charge in [-0.25, -0.2) is 4.79 Å². The Morgan fingerprint density at radius 3 is 2.50 bits per heavy atom. The van der Waals surface area contributed by atoms with E-state index in [1.165, 1.54) is 0 Å². The van der Waals surface area contributed by atoms with Crippen molar-refractivity contribution in [2.24, 2.45) is 11.8 Å². The molecule has 0 aromatic rings. The van der Waals surface area contributed by atoms with Crippen molar-refractivity contribution in [3.05, 3.63) is 11.3 Å². The molecule has 0 aromatic heterocycles. The first-order chi connectivity index (χ1) is 11.2. The maximum Gasteiger partial charge on any atom is 0.408 e. The van der Waals surface area contributed by atoms with Crippen molar-refractivity contribution in [2.75, 3.05) is 0 Å². The standard InChI is InChI=1S/C17H28N2O5/c1-6-9(7-2)13-12-11(18-16(22)23-17(3,4)5)8-10(15(20)21)14(12)24-19-13/h9-11,14,19H,6-8H2,1-5H3,(H,18,22)(H,20,21)/t10-,11+,14+/m0/s1. The number of nitrogens with one attached hydrogen (secondary N) is 2. The fraction of sp³-hybridized carbons (Fsp3) is 0.765. The van der Waals surface area contributed by atoms with Crippen molar-refractivity contribution in [2.45, 2.75) is 71.6 Å². The summed E-state index contributed by atoms with van der Waals surface area (Å²) in [4.78, 5) is 29.2. The number of carboxylic acid groups (broad SMARTS) is 1. The fourth-order valence-corrected chi connectivity index (χ4v) is 3.42. The zero-order chi connectivity index (χ0) is 18.1. The van der Waals surface area contributed by atoms with Gasteiger partial charge in [0.2, 0.25) is 0 Å². The van der Waals surface area contributed by atoms with Crippen LogP contribution >= 0.6 is 0 Å². The van der Waals surface area contributed by atoms with Crippen LogP contribution < -0.4 is 10.8 Å². The summed E-state index contributed by atoms with van der Waals surface area (Å²) in [6.45, 7) is 9.53. The molecular weight excluding hydrogens is 312 g/mol. The molecule has 1 aliphatic heterocycles. The number of rotatable bonds is 5. The van der Waals surface area contributed by atoms with Crippen LogP contribution in [0, 0.1) is 11.8 Å². The van der Waals surface area contributed by atoms with Crippen molar-refractivity contribution in [3.8, 4) is 0 Å². The fourth-order valence-electron chi connectivity index (χ4n) is 3.42. The molecule has 3 atom stereocenters. The topological polar surface area (TPSA) is 96.9 Å². The molecule has 0 spiro atoms. The largest absolute Gasteiger partial charge is 0.481 e. The van der Waals surface area contributed by atoms with Crippen molar-refractivity contribution in [3.63, 3.8) is 0 Å². The van der Waals surface area contributed by atoms with E-state index in [0.717, 1.165) is 24.1 Å². The molecule has 136 valence electrons. The van der Waals surface area contributed by atoms with E-state index in [4.69, 9.17) is 9.57 Å². The minimum absolute atomic E-state index is 0.250. The molecule has 3 N–H and O–H groups in total. The van der Waals surface area contributed by atoms with Gasteiger partial charge in [0.25, 0.3) is 0 Å². The zero-order valence-corrected chi connectivity index (χ0v) is 15.0. The lowest BCUT2D eigenvalue weighted by Gasteiger charge is -2.23. The lowest BCUT2D eigenvalue weighted by Crippen LogP contribution is -2.39. The number of allylic oxidation sites excluding steroid dienone is 1. The van der Waals surface area contributed by atoms with Crippen LogP contribution in [0.15, 0.2) is 11.3 Å². The van der Waals surface area contributed by atoms with Crippen LogP contribution in [0.2, 0.25) is 0 Å². The molecule has 0 unspecified atom stereocenters. The van der Waals surface area contributed by atoms with Crippen LogP contribution in [0.25, 0.3) is 0 Å². The average Bonchev–Trinajstić information content (AvgIpc) is 3.00. The number of amides is 1. The maximum absolute atomic E-state index is 12.1. The second-order valence-electron chi connectivity index (χ2n) is 7.40. The summed E-state index contributed by atoms with van der Waals surface area (Å²) in [6.07, 6.45) is 1.04. The second kappa shape index (κ2) is 7.01. The van der Waals surface area contributed by atoms with Gasteiger partial charge in [-0.1, -0.05) is 13.8 Å².